The van der Waals surface area contributed by atoms with Crippen molar-refractivity contribution in [1.82, 2.24) is 0 Å². The topological polar surface area (TPSA) is 44.8 Å². The largest absolute Gasteiger partial charge is 0.497 e. The van der Waals surface area contributed by atoms with Crippen LogP contribution in [0.4, 0.5) is 0 Å². The molecule has 1 aromatic rings. The first-order chi connectivity index (χ1) is 8.71. The number of carbonyl (C=O) groups is 1. The smallest absolute Gasteiger partial charge is 0.340 e. The van der Waals surface area contributed by atoms with Crippen LogP contribution in [0.5, 0.6) is 5.75 Å². The second-order valence-electron chi connectivity index (χ2n) is 3.28. The van der Waals surface area contributed by atoms with E-state index in [2.05, 4.69) is 0 Å². The van der Waals surface area contributed by atoms with Crippen LogP contribution < -0.4 is 4.74 Å². The molecule has 0 amide bonds. The Morgan fingerprint density at radius 3 is 2.78 bits per heavy atom. The SMILES string of the molecule is COc1cccc(C(=O)O[C@@H](CCl)OCCCl)c1. The van der Waals surface area contributed by atoms with Crippen molar-refractivity contribution >= 4 is 29.2 Å². The van der Waals surface area contributed by atoms with Gasteiger partial charge in [-0.3, -0.25) is 0 Å². The van der Waals surface area contributed by atoms with Gasteiger partial charge in [0, 0.05) is 5.88 Å². The van der Waals surface area contributed by atoms with E-state index in [-0.39, 0.29) is 12.5 Å². The molecule has 6 heteroatoms. The van der Waals surface area contributed by atoms with Crippen LogP contribution in [0.2, 0.25) is 0 Å². The van der Waals surface area contributed by atoms with Crippen molar-refractivity contribution in [2.24, 2.45) is 0 Å². The quantitative estimate of drug-likeness (QED) is 0.440. The number of carbonyl (C=O) groups excluding carboxylic acids is 1. The van der Waals surface area contributed by atoms with Crippen LogP contribution in [0.1, 0.15) is 10.4 Å². The molecule has 0 bridgehead atoms. The highest BCUT2D eigenvalue weighted by molar-refractivity contribution is 6.18. The van der Waals surface area contributed by atoms with Crippen molar-refractivity contribution in [3.05, 3.63) is 29.8 Å². The lowest BCUT2D eigenvalue weighted by atomic mass is 10.2. The second-order valence-corrected chi connectivity index (χ2v) is 3.97. The zero-order valence-corrected chi connectivity index (χ0v) is 11.4. The predicted molar refractivity (Wildman–Crippen MR) is 69.6 cm³/mol. The molecule has 0 spiro atoms. The highest BCUT2D eigenvalue weighted by Crippen LogP contribution is 2.14. The molecule has 0 aliphatic carbocycles. The van der Waals surface area contributed by atoms with Gasteiger partial charge >= 0.3 is 5.97 Å². The van der Waals surface area contributed by atoms with Crippen molar-refractivity contribution in [2.75, 3.05) is 25.5 Å². The Balaban J connectivity index is 2.62. The van der Waals surface area contributed by atoms with E-state index in [1.54, 1.807) is 24.3 Å². The van der Waals surface area contributed by atoms with Crippen LogP contribution >= 0.6 is 23.2 Å². The van der Waals surface area contributed by atoms with Crippen molar-refractivity contribution < 1.29 is 19.0 Å². The number of halogens is 2. The summed E-state index contributed by atoms with van der Waals surface area (Å²) in [6, 6.07) is 6.64. The summed E-state index contributed by atoms with van der Waals surface area (Å²) in [5.74, 6) is 0.416. The maximum Gasteiger partial charge on any atom is 0.340 e. The maximum atomic E-state index is 11.8. The van der Waals surface area contributed by atoms with Crippen molar-refractivity contribution in [3.8, 4) is 5.75 Å². The number of benzene rings is 1. The zero-order chi connectivity index (χ0) is 13.4. The average Bonchev–Trinajstić information content (AvgIpc) is 2.43. The van der Waals surface area contributed by atoms with Crippen LogP contribution in [0, 0.1) is 0 Å². The number of alkyl halides is 2. The van der Waals surface area contributed by atoms with Gasteiger partial charge in [-0.1, -0.05) is 6.07 Å². The minimum Gasteiger partial charge on any atom is -0.497 e. The van der Waals surface area contributed by atoms with Gasteiger partial charge in [-0.05, 0) is 18.2 Å². The summed E-state index contributed by atoms with van der Waals surface area (Å²) in [7, 11) is 1.52. The normalized spacial score (nSPS) is 11.9. The predicted octanol–water partition coefficient (Wildman–Crippen LogP) is 2.67. The number of hydrogen-bond acceptors (Lipinski definition) is 4. The Morgan fingerprint density at radius 2 is 2.17 bits per heavy atom. The molecule has 0 radical (unpaired) electrons. The molecular formula is C12H14Cl2O4. The first kappa shape index (κ1) is 15.1. The van der Waals surface area contributed by atoms with Crippen LogP contribution in [-0.4, -0.2) is 37.7 Å². The molecule has 0 N–H and O–H groups in total. The lowest BCUT2D eigenvalue weighted by Gasteiger charge is -2.15. The van der Waals surface area contributed by atoms with Crippen LogP contribution in [0.3, 0.4) is 0 Å². The molecule has 0 fully saturated rings. The van der Waals surface area contributed by atoms with E-state index in [1.165, 1.54) is 7.11 Å². The molecule has 0 unspecified atom stereocenters. The summed E-state index contributed by atoms with van der Waals surface area (Å²) < 4.78 is 15.2. The Morgan fingerprint density at radius 1 is 1.39 bits per heavy atom. The number of ether oxygens (including phenoxy) is 3. The minimum absolute atomic E-state index is 0.0482. The lowest BCUT2D eigenvalue weighted by molar-refractivity contribution is -0.0913. The first-order valence-corrected chi connectivity index (χ1v) is 6.36. The molecule has 1 aromatic carbocycles. The monoisotopic (exact) mass is 292 g/mol. The summed E-state index contributed by atoms with van der Waals surface area (Å²) in [5.41, 5.74) is 0.374. The maximum absolute atomic E-state index is 11.8. The van der Waals surface area contributed by atoms with Crippen molar-refractivity contribution in [2.45, 2.75) is 6.29 Å². The highest BCUT2D eigenvalue weighted by Gasteiger charge is 2.15. The fourth-order valence-electron chi connectivity index (χ4n) is 1.22. The summed E-state index contributed by atoms with van der Waals surface area (Å²) in [5, 5.41) is 0. The van der Waals surface area contributed by atoms with Crippen molar-refractivity contribution in [1.29, 1.82) is 0 Å². The Kier molecular flexibility index (Phi) is 6.86. The fourth-order valence-corrected chi connectivity index (χ4v) is 1.46. The van der Waals surface area contributed by atoms with Gasteiger partial charge < -0.3 is 14.2 Å². The van der Waals surface area contributed by atoms with Gasteiger partial charge in [0.05, 0.1) is 25.2 Å². The minimum atomic E-state index is -0.802. The number of rotatable bonds is 7. The Hall–Kier alpha value is -0.970. The summed E-state index contributed by atoms with van der Waals surface area (Å²) in [4.78, 5) is 11.8. The molecule has 0 aliphatic rings. The molecule has 0 aliphatic heterocycles. The molecule has 0 saturated heterocycles. The van der Waals surface area contributed by atoms with Gasteiger partial charge in [-0.2, -0.15) is 0 Å². The summed E-state index contributed by atoms with van der Waals surface area (Å²) in [6.07, 6.45) is -0.802. The molecule has 0 aromatic heterocycles. The number of methoxy groups -OCH3 is 1. The molecule has 0 saturated carbocycles. The van der Waals surface area contributed by atoms with E-state index in [4.69, 9.17) is 37.4 Å². The fraction of sp³-hybridized carbons (Fsp3) is 0.417. The number of hydrogen-bond donors (Lipinski definition) is 0. The molecule has 1 rings (SSSR count). The van der Waals surface area contributed by atoms with Gasteiger partial charge in [-0.25, -0.2) is 4.79 Å². The van der Waals surface area contributed by atoms with E-state index in [0.717, 1.165) is 0 Å². The van der Waals surface area contributed by atoms with Gasteiger partial charge in [0.2, 0.25) is 6.29 Å². The molecular weight excluding hydrogens is 279 g/mol. The standard InChI is InChI=1S/C12H14Cl2O4/c1-16-10-4-2-3-9(7-10)12(15)18-11(8-14)17-6-5-13/h2-4,7,11H,5-6,8H2,1H3/t11-/m0/s1. The molecule has 4 nitrogen and oxygen atoms in total. The summed E-state index contributed by atoms with van der Waals surface area (Å²) in [6.45, 7) is 0.268. The van der Waals surface area contributed by atoms with E-state index in [9.17, 15) is 4.79 Å². The number of esters is 1. The Bertz CT molecular complexity index is 384. The highest BCUT2D eigenvalue weighted by atomic mass is 35.5. The van der Waals surface area contributed by atoms with Crippen molar-refractivity contribution in [3.63, 3.8) is 0 Å². The van der Waals surface area contributed by atoms with Crippen LogP contribution in [-0.2, 0) is 9.47 Å². The zero-order valence-electron chi connectivity index (χ0n) is 9.90. The second kappa shape index (κ2) is 8.19. The Labute approximate surface area is 116 Å². The molecule has 18 heavy (non-hydrogen) atoms. The summed E-state index contributed by atoms with van der Waals surface area (Å²) >= 11 is 11.1. The van der Waals surface area contributed by atoms with E-state index in [1.807, 2.05) is 0 Å². The third-order valence-electron chi connectivity index (χ3n) is 2.05. The molecule has 0 heterocycles. The third kappa shape index (κ3) is 4.72. The van der Waals surface area contributed by atoms with E-state index < -0.39 is 12.3 Å². The van der Waals surface area contributed by atoms with E-state index >= 15 is 0 Å². The average molecular weight is 293 g/mol. The first-order valence-electron chi connectivity index (χ1n) is 5.29. The van der Waals surface area contributed by atoms with Gasteiger partial charge in [0.1, 0.15) is 5.75 Å². The van der Waals surface area contributed by atoms with Crippen LogP contribution in [0.25, 0.3) is 0 Å². The molecule has 1 atom stereocenters. The lowest BCUT2D eigenvalue weighted by Crippen LogP contribution is -2.24. The molecule has 100 valence electrons. The van der Waals surface area contributed by atoms with Crippen LogP contribution in [0.15, 0.2) is 24.3 Å². The van der Waals surface area contributed by atoms with Gasteiger partial charge in [0.25, 0.3) is 0 Å². The third-order valence-corrected chi connectivity index (χ3v) is 2.46. The van der Waals surface area contributed by atoms with Gasteiger partial charge in [0.15, 0.2) is 0 Å². The van der Waals surface area contributed by atoms with Gasteiger partial charge in [-0.15, -0.1) is 23.2 Å². The van der Waals surface area contributed by atoms with E-state index in [0.29, 0.717) is 17.2 Å².